The van der Waals surface area contributed by atoms with E-state index in [0.717, 1.165) is 56.1 Å². The summed E-state index contributed by atoms with van der Waals surface area (Å²) in [7, 11) is 1.99. The number of nitrogens with one attached hydrogen (secondary N) is 2. The van der Waals surface area contributed by atoms with Gasteiger partial charge in [0.15, 0.2) is 11.8 Å². The first-order chi connectivity index (χ1) is 13.5. The molecule has 2 aliphatic rings. The highest BCUT2D eigenvalue weighted by atomic mass is 16.5. The third-order valence-corrected chi connectivity index (χ3v) is 6.22. The summed E-state index contributed by atoms with van der Waals surface area (Å²) < 4.78 is 7.77. The van der Waals surface area contributed by atoms with Gasteiger partial charge in [-0.1, -0.05) is 26.7 Å². The van der Waals surface area contributed by atoms with Crippen LogP contribution in [0.25, 0.3) is 0 Å². The van der Waals surface area contributed by atoms with E-state index in [1.165, 1.54) is 32.1 Å². The summed E-state index contributed by atoms with van der Waals surface area (Å²) in [5.41, 5.74) is 0.405. The van der Waals surface area contributed by atoms with E-state index in [1.54, 1.807) is 0 Å². The van der Waals surface area contributed by atoms with Crippen molar-refractivity contribution in [3.05, 3.63) is 11.6 Å². The van der Waals surface area contributed by atoms with Gasteiger partial charge in [-0.15, -0.1) is 10.2 Å². The molecule has 1 unspecified atom stereocenters. The quantitative estimate of drug-likeness (QED) is 0.527. The standard InChI is InChI=1S/C21H38N6O/c1-16(2)12-21(9-5-6-10-21)15-24-20(22-13-18-8-7-11-28-18)23-14-19-26-25-17(3)27(19)4/h16,18H,5-15H2,1-4H3,(H2,22,23,24). The first-order valence-electron chi connectivity index (χ1n) is 11.0. The lowest BCUT2D eigenvalue weighted by molar-refractivity contribution is 0.113. The molecule has 0 bridgehead atoms. The van der Waals surface area contributed by atoms with Crippen molar-refractivity contribution in [3.63, 3.8) is 0 Å². The fourth-order valence-corrected chi connectivity index (χ4v) is 4.64. The average Bonchev–Trinajstić information content (AvgIpc) is 3.39. The van der Waals surface area contributed by atoms with Gasteiger partial charge in [-0.2, -0.15) is 0 Å². The zero-order chi connectivity index (χ0) is 20.0. The van der Waals surface area contributed by atoms with Crippen molar-refractivity contribution >= 4 is 5.96 Å². The lowest BCUT2D eigenvalue weighted by atomic mass is 9.78. The van der Waals surface area contributed by atoms with Crippen LogP contribution in [0.1, 0.15) is 70.4 Å². The smallest absolute Gasteiger partial charge is 0.191 e. The van der Waals surface area contributed by atoms with E-state index in [4.69, 9.17) is 9.73 Å². The Labute approximate surface area is 169 Å². The van der Waals surface area contributed by atoms with Gasteiger partial charge in [-0.3, -0.25) is 0 Å². The van der Waals surface area contributed by atoms with Crippen LogP contribution in [0, 0.1) is 18.3 Å². The van der Waals surface area contributed by atoms with Gasteiger partial charge >= 0.3 is 0 Å². The minimum atomic E-state index is 0.292. The van der Waals surface area contributed by atoms with Crippen molar-refractivity contribution in [1.82, 2.24) is 25.4 Å². The van der Waals surface area contributed by atoms with Gasteiger partial charge in [-0.05, 0) is 50.4 Å². The third-order valence-electron chi connectivity index (χ3n) is 6.22. The number of aromatic nitrogens is 3. The van der Waals surface area contributed by atoms with Gasteiger partial charge in [0.2, 0.25) is 0 Å². The van der Waals surface area contributed by atoms with Crippen LogP contribution >= 0.6 is 0 Å². The molecule has 7 nitrogen and oxygen atoms in total. The zero-order valence-electron chi connectivity index (χ0n) is 18.1. The van der Waals surface area contributed by atoms with Crippen LogP contribution in [0.4, 0.5) is 0 Å². The molecule has 2 heterocycles. The van der Waals surface area contributed by atoms with E-state index < -0.39 is 0 Å². The maximum Gasteiger partial charge on any atom is 0.191 e. The van der Waals surface area contributed by atoms with Gasteiger partial charge in [0.25, 0.3) is 0 Å². The van der Waals surface area contributed by atoms with E-state index in [9.17, 15) is 0 Å². The van der Waals surface area contributed by atoms with Gasteiger partial charge in [0, 0.05) is 26.7 Å². The highest BCUT2D eigenvalue weighted by Gasteiger charge is 2.34. The SMILES string of the molecule is Cc1nnc(CN=C(NCC2CCCO2)NCC2(CC(C)C)CCCC2)n1C. The summed E-state index contributed by atoms with van der Waals surface area (Å²) in [4.78, 5) is 4.82. The van der Waals surface area contributed by atoms with Crippen LogP contribution in [0.3, 0.4) is 0 Å². The van der Waals surface area contributed by atoms with Crippen LogP contribution in [-0.2, 0) is 18.3 Å². The minimum absolute atomic E-state index is 0.292. The Morgan fingerprint density at radius 3 is 2.64 bits per heavy atom. The number of rotatable bonds is 8. The minimum Gasteiger partial charge on any atom is -0.376 e. The van der Waals surface area contributed by atoms with E-state index in [0.29, 0.717) is 18.1 Å². The van der Waals surface area contributed by atoms with Crippen LogP contribution in [0.2, 0.25) is 0 Å². The van der Waals surface area contributed by atoms with Crippen molar-refractivity contribution in [2.24, 2.45) is 23.4 Å². The topological polar surface area (TPSA) is 76.4 Å². The molecule has 2 fully saturated rings. The Bertz CT molecular complexity index is 641. The number of ether oxygens (including phenoxy) is 1. The molecule has 1 aromatic rings. The maximum atomic E-state index is 5.77. The van der Waals surface area contributed by atoms with Gasteiger partial charge in [0.1, 0.15) is 12.4 Å². The molecule has 158 valence electrons. The predicted octanol–water partition coefficient (Wildman–Crippen LogP) is 2.94. The molecule has 0 radical (unpaired) electrons. The Kier molecular flexibility index (Phi) is 7.32. The molecule has 1 atom stereocenters. The summed E-state index contributed by atoms with van der Waals surface area (Å²) in [6.45, 7) is 9.83. The van der Waals surface area contributed by atoms with Crippen molar-refractivity contribution in [1.29, 1.82) is 0 Å². The zero-order valence-corrected chi connectivity index (χ0v) is 18.1. The van der Waals surface area contributed by atoms with Gasteiger partial charge in [0.05, 0.1) is 6.10 Å². The molecule has 1 aliphatic heterocycles. The normalized spacial score (nSPS) is 22.2. The Morgan fingerprint density at radius 2 is 2.04 bits per heavy atom. The Morgan fingerprint density at radius 1 is 1.25 bits per heavy atom. The number of guanidine groups is 1. The lowest BCUT2D eigenvalue weighted by Gasteiger charge is -2.32. The predicted molar refractivity (Wildman–Crippen MR) is 112 cm³/mol. The average molecular weight is 391 g/mol. The summed E-state index contributed by atoms with van der Waals surface area (Å²) in [5.74, 6) is 3.38. The molecule has 28 heavy (non-hydrogen) atoms. The number of nitrogens with zero attached hydrogens (tertiary/aromatic N) is 4. The second-order valence-corrected chi connectivity index (χ2v) is 9.06. The Hall–Kier alpha value is -1.63. The molecule has 0 aromatic carbocycles. The van der Waals surface area contributed by atoms with Gasteiger partial charge < -0.3 is 19.9 Å². The maximum absolute atomic E-state index is 5.77. The van der Waals surface area contributed by atoms with E-state index in [-0.39, 0.29) is 0 Å². The molecule has 1 aliphatic carbocycles. The molecule has 0 spiro atoms. The highest BCUT2D eigenvalue weighted by molar-refractivity contribution is 5.79. The number of hydrogen-bond donors (Lipinski definition) is 2. The molecule has 1 saturated heterocycles. The van der Waals surface area contributed by atoms with Crippen LogP contribution in [-0.4, -0.2) is 46.5 Å². The number of hydrogen-bond acceptors (Lipinski definition) is 4. The second kappa shape index (κ2) is 9.72. The largest absolute Gasteiger partial charge is 0.376 e. The first-order valence-corrected chi connectivity index (χ1v) is 11.0. The van der Waals surface area contributed by atoms with Crippen molar-refractivity contribution < 1.29 is 4.74 Å². The summed E-state index contributed by atoms with van der Waals surface area (Å²) in [6.07, 6.45) is 9.19. The number of aliphatic imine (C=N–C) groups is 1. The molecular formula is C21H38N6O. The summed E-state index contributed by atoms with van der Waals surface area (Å²) >= 11 is 0. The van der Waals surface area contributed by atoms with Crippen molar-refractivity contribution in [3.8, 4) is 0 Å². The number of aryl methyl sites for hydroxylation is 1. The second-order valence-electron chi connectivity index (χ2n) is 9.06. The third kappa shape index (κ3) is 5.69. The molecule has 7 heteroatoms. The van der Waals surface area contributed by atoms with E-state index >= 15 is 0 Å². The molecule has 2 N–H and O–H groups in total. The fraction of sp³-hybridized carbons (Fsp3) is 0.857. The lowest BCUT2D eigenvalue weighted by Crippen LogP contribution is -2.45. The highest BCUT2D eigenvalue weighted by Crippen LogP contribution is 2.42. The molecular weight excluding hydrogens is 352 g/mol. The fourth-order valence-electron chi connectivity index (χ4n) is 4.64. The van der Waals surface area contributed by atoms with Crippen LogP contribution < -0.4 is 10.6 Å². The van der Waals surface area contributed by atoms with Crippen molar-refractivity contribution in [2.45, 2.75) is 78.4 Å². The molecule has 0 amide bonds. The van der Waals surface area contributed by atoms with Crippen LogP contribution in [0.5, 0.6) is 0 Å². The Balaban J connectivity index is 1.64. The van der Waals surface area contributed by atoms with Crippen LogP contribution in [0.15, 0.2) is 4.99 Å². The molecule has 1 aromatic heterocycles. The van der Waals surface area contributed by atoms with Gasteiger partial charge in [-0.25, -0.2) is 4.99 Å². The monoisotopic (exact) mass is 390 g/mol. The molecule has 3 rings (SSSR count). The first kappa shape index (κ1) is 21.1. The van der Waals surface area contributed by atoms with E-state index in [2.05, 4.69) is 34.7 Å². The summed E-state index contributed by atoms with van der Waals surface area (Å²) in [5, 5.41) is 15.5. The molecule has 1 saturated carbocycles. The van der Waals surface area contributed by atoms with E-state index in [1.807, 2.05) is 18.5 Å². The summed E-state index contributed by atoms with van der Waals surface area (Å²) in [6, 6.07) is 0. The van der Waals surface area contributed by atoms with Crippen molar-refractivity contribution in [2.75, 3.05) is 19.7 Å².